The molecule has 0 amide bonds. The lowest BCUT2D eigenvalue weighted by Gasteiger charge is -2.12. The summed E-state index contributed by atoms with van der Waals surface area (Å²) in [6.45, 7) is 5.33. The van der Waals surface area contributed by atoms with Crippen molar-refractivity contribution in [1.82, 2.24) is 19.7 Å². The summed E-state index contributed by atoms with van der Waals surface area (Å²) >= 11 is 3.40. The maximum atomic E-state index is 11.9. The van der Waals surface area contributed by atoms with Gasteiger partial charge in [-0.05, 0) is 48.3 Å². The number of aryl methyl sites for hydroxylation is 2. The summed E-state index contributed by atoms with van der Waals surface area (Å²) in [6, 6.07) is 3.97. The highest BCUT2D eigenvalue weighted by Gasteiger charge is 2.22. The number of nitriles is 1. The highest BCUT2D eigenvalue weighted by atomic mass is 79.9. The largest absolute Gasteiger partial charge is 0.384 e. The highest BCUT2D eigenvalue weighted by Crippen LogP contribution is 2.33. The summed E-state index contributed by atoms with van der Waals surface area (Å²) in [7, 11) is 0. The average molecular weight is 373 g/mol. The lowest BCUT2D eigenvalue weighted by atomic mass is 10.2. The van der Waals surface area contributed by atoms with Gasteiger partial charge in [-0.3, -0.25) is 9.36 Å². The van der Waals surface area contributed by atoms with E-state index >= 15 is 0 Å². The van der Waals surface area contributed by atoms with Gasteiger partial charge >= 0.3 is 0 Å². The minimum absolute atomic E-state index is 0.242. The highest BCUT2D eigenvalue weighted by molar-refractivity contribution is 9.10. The van der Waals surface area contributed by atoms with Gasteiger partial charge in [0.15, 0.2) is 0 Å². The van der Waals surface area contributed by atoms with E-state index in [1.54, 1.807) is 18.4 Å². The Morgan fingerprint density at radius 2 is 2.09 bits per heavy atom. The van der Waals surface area contributed by atoms with Gasteiger partial charge in [0, 0.05) is 10.9 Å². The second-order valence-corrected chi connectivity index (χ2v) is 6.04. The molecule has 116 valence electrons. The molecule has 3 rings (SSSR count). The van der Waals surface area contributed by atoms with E-state index in [1.165, 1.54) is 0 Å². The number of nitrogen functional groups attached to an aromatic ring is 1. The standard InChI is InChI=1S/C15H13BrN6O/c1-6-4-9-10(5-17)13(18)22(14(9)19-12(6)16)11-7(2)15(23)21-20-8(11)3/h4H,18H2,1-3H3,(H,21,23). The van der Waals surface area contributed by atoms with Crippen molar-refractivity contribution in [2.45, 2.75) is 20.8 Å². The summed E-state index contributed by atoms with van der Waals surface area (Å²) in [4.78, 5) is 16.4. The Hall–Kier alpha value is -2.66. The number of nitrogens with zero attached hydrogens (tertiary/aromatic N) is 4. The van der Waals surface area contributed by atoms with Gasteiger partial charge in [0.25, 0.3) is 5.56 Å². The van der Waals surface area contributed by atoms with E-state index in [2.05, 4.69) is 37.2 Å². The number of H-pyrrole nitrogens is 1. The molecule has 0 aromatic carbocycles. The molecule has 0 saturated heterocycles. The van der Waals surface area contributed by atoms with Gasteiger partial charge in [-0.1, -0.05) is 0 Å². The van der Waals surface area contributed by atoms with Crippen LogP contribution in [0.3, 0.4) is 0 Å². The monoisotopic (exact) mass is 372 g/mol. The van der Waals surface area contributed by atoms with Crippen LogP contribution in [-0.2, 0) is 0 Å². The number of fused-ring (bicyclic) bond motifs is 1. The van der Waals surface area contributed by atoms with Crippen molar-refractivity contribution < 1.29 is 0 Å². The van der Waals surface area contributed by atoms with E-state index in [0.29, 0.717) is 38.1 Å². The number of aromatic nitrogens is 4. The van der Waals surface area contributed by atoms with Crippen LogP contribution in [0.5, 0.6) is 0 Å². The molecule has 0 aliphatic heterocycles. The number of nitrogens with one attached hydrogen (secondary N) is 1. The number of hydrogen-bond acceptors (Lipinski definition) is 5. The van der Waals surface area contributed by atoms with Gasteiger partial charge in [-0.15, -0.1) is 0 Å². The first kappa shape index (κ1) is 15.2. The predicted octanol–water partition coefficient (Wildman–Crippen LogP) is 2.25. The first-order valence-electron chi connectivity index (χ1n) is 6.80. The Bertz CT molecular complexity index is 1060. The topological polar surface area (TPSA) is 113 Å². The minimum Gasteiger partial charge on any atom is -0.384 e. The molecule has 0 atom stereocenters. The van der Waals surface area contributed by atoms with E-state index in [-0.39, 0.29) is 11.4 Å². The minimum atomic E-state index is -0.309. The van der Waals surface area contributed by atoms with Crippen LogP contribution in [0.25, 0.3) is 16.7 Å². The molecule has 0 unspecified atom stereocenters. The lowest BCUT2D eigenvalue weighted by molar-refractivity contribution is 0.893. The second-order valence-electron chi connectivity index (χ2n) is 5.29. The van der Waals surface area contributed by atoms with Crippen LogP contribution in [-0.4, -0.2) is 19.7 Å². The molecule has 3 aromatic heterocycles. The molecule has 8 heteroatoms. The quantitative estimate of drug-likeness (QED) is 0.635. The Balaban J connectivity index is 2.56. The molecule has 0 saturated carbocycles. The molecule has 23 heavy (non-hydrogen) atoms. The summed E-state index contributed by atoms with van der Waals surface area (Å²) in [5.41, 5.74) is 9.22. The Kier molecular flexibility index (Phi) is 3.45. The van der Waals surface area contributed by atoms with Crippen LogP contribution >= 0.6 is 15.9 Å². The van der Waals surface area contributed by atoms with Crippen LogP contribution in [0.15, 0.2) is 15.5 Å². The molecule has 3 aromatic rings. The van der Waals surface area contributed by atoms with E-state index in [1.807, 2.05) is 13.0 Å². The molecular weight excluding hydrogens is 360 g/mol. The predicted molar refractivity (Wildman–Crippen MR) is 90.5 cm³/mol. The third-order valence-electron chi connectivity index (χ3n) is 3.81. The Morgan fingerprint density at radius 1 is 1.39 bits per heavy atom. The third kappa shape index (κ3) is 2.12. The molecule has 7 nitrogen and oxygen atoms in total. The van der Waals surface area contributed by atoms with E-state index in [4.69, 9.17) is 5.73 Å². The van der Waals surface area contributed by atoms with Crippen molar-refractivity contribution in [2.75, 3.05) is 5.73 Å². The van der Waals surface area contributed by atoms with Crippen molar-refractivity contribution in [1.29, 1.82) is 5.26 Å². The number of hydrogen-bond donors (Lipinski definition) is 2. The summed E-state index contributed by atoms with van der Waals surface area (Å²) in [6.07, 6.45) is 0. The zero-order chi connectivity index (χ0) is 16.9. The average Bonchev–Trinajstić information content (AvgIpc) is 2.76. The number of halogens is 1. The zero-order valence-corrected chi connectivity index (χ0v) is 14.3. The molecular formula is C15H13BrN6O. The van der Waals surface area contributed by atoms with Crippen molar-refractivity contribution >= 4 is 32.8 Å². The third-order valence-corrected chi connectivity index (χ3v) is 4.61. The fraction of sp³-hybridized carbons (Fsp3) is 0.200. The fourth-order valence-electron chi connectivity index (χ4n) is 2.62. The fourth-order valence-corrected chi connectivity index (χ4v) is 2.91. The number of pyridine rings is 1. The van der Waals surface area contributed by atoms with E-state index in [9.17, 15) is 10.1 Å². The van der Waals surface area contributed by atoms with E-state index in [0.717, 1.165) is 5.56 Å². The smallest absolute Gasteiger partial charge is 0.269 e. The molecule has 0 fully saturated rings. The van der Waals surface area contributed by atoms with E-state index < -0.39 is 0 Å². The van der Waals surface area contributed by atoms with Crippen LogP contribution < -0.4 is 11.3 Å². The molecule has 0 aliphatic rings. The SMILES string of the molecule is Cc1cc2c(C#N)c(N)n(-c3c(C)n[nH]c(=O)c3C)c2nc1Br. The maximum absolute atomic E-state index is 11.9. The summed E-state index contributed by atoms with van der Waals surface area (Å²) in [5, 5.41) is 16.5. The molecule has 0 spiro atoms. The Morgan fingerprint density at radius 3 is 2.74 bits per heavy atom. The molecule has 3 N–H and O–H groups in total. The number of nitrogens with two attached hydrogens (primary N) is 1. The van der Waals surface area contributed by atoms with Crippen LogP contribution in [0.4, 0.5) is 5.82 Å². The first-order chi connectivity index (χ1) is 10.9. The van der Waals surface area contributed by atoms with Gasteiger partial charge in [0.2, 0.25) is 0 Å². The van der Waals surface area contributed by atoms with Crippen LogP contribution in [0, 0.1) is 32.1 Å². The van der Waals surface area contributed by atoms with Crippen molar-refractivity contribution in [3.8, 4) is 11.8 Å². The van der Waals surface area contributed by atoms with Gasteiger partial charge in [0.05, 0.1) is 11.4 Å². The summed E-state index contributed by atoms with van der Waals surface area (Å²) < 4.78 is 2.27. The number of rotatable bonds is 1. The molecule has 0 radical (unpaired) electrons. The Labute approximate surface area is 139 Å². The second kappa shape index (κ2) is 5.21. The van der Waals surface area contributed by atoms with Gasteiger partial charge < -0.3 is 5.73 Å². The van der Waals surface area contributed by atoms with Gasteiger partial charge in [-0.2, -0.15) is 10.4 Å². The first-order valence-corrected chi connectivity index (χ1v) is 7.59. The summed E-state index contributed by atoms with van der Waals surface area (Å²) in [5.74, 6) is 0.242. The van der Waals surface area contributed by atoms with Crippen molar-refractivity contribution in [3.05, 3.63) is 43.4 Å². The zero-order valence-electron chi connectivity index (χ0n) is 12.7. The molecule has 3 heterocycles. The van der Waals surface area contributed by atoms with Crippen molar-refractivity contribution in [2.24, 2.45) is 0 Å². The van der Waals surface area contributed by atoms with Gasteiger partial charge in [-0.25, -0.2) is 10.1 Å². The normalized spacial score (nSPS) is 10.9. The van der Waals surface area contributed by atoms with Crippen LogP contribution in [0.1, 0.15) is 22.4 Å². The number of aromatic amines is 1. The number of anilines is 1. The molecule has 0 aliphatic carbocycles. The molecule has 0 bridgehead atoms. The van der Waals surface area contributed by atoms with Crippen LogP contribution in [0.2, 0.25) is 0 Å². The van der Waals surface area contributed by atoms with Gasteiger partial charge in [0.1, 0.15) is 27.7 Å². The maximum Gasteiger partial charge on any atom is 0.269 e. The lowest BCUT2D eigenvalue weighted by Crippen LogP contribution is -2.18. The van der Waals surface area contributed by atoms with Crippen molar-refractivity contribution in [3.63, 3.8) is 0 Å².